The van der Waals surface area contributed by atoms with E-state index in [4.69, 9.17) is 4.98 Å². The second-order valence-corrected chi connectivity index (χ2v) is 7.32. The van der Waals surface area contributed by atoms with Crippen LogP contribution >= 0.6 is 23.1 Å². The standard InChI is InChI=1S/C13H21N3S2/c1-9-8-17-7-6-16(9)13-15-11-5-3-4-10(14-2)12(11)18-13/h9-10,14H,3-8H2,1-2H3. The van der Waals surface area contributed by atoms with Crippen LogP contribution in [0.4, 0.5) is 5.13 Å². The molecule has 5 heteroatoms. The molecule has 2 heterocycles. The van der Waals surface area contributed by atoms with Crippen molar-refractivity contribution < 1.29 is 0 Å². The number of anilines is 1. The van der Waals surface area contributed by atoms with Gasteiger partial charge < -0.3 is 10.2 Å². The highest BCUT2D eigenvalue weighted by atomic mass is 32.2. The Balaban J connectivity index is 1.87. The molecule has 1 aromatic rings. The van der Waals surface area contributed by atoms with Crippen LogP contribution in [0.25, 0.3) is 0 Å². The summed E-state index contributed by atoms with van der Waals surface area (Å²) in [5, 5.41) is 4.69. The van der Waals surface area contributed by atoms with Crippen LogP contribution in [0, 0.1) is 0 Å². The maximum Gasteiger partial charge on any atom is 0.186 e. The molecule has 1 saturated heterocycles. The topological polar surface area (TPSA) is 28.2 Å². The summed E-state index contributed by atoms with van der Waals surface area (Å²) in [6.07, 6.45) is 3.70. The first-order valence-corrected chi connectivity index (χ1v) is 8.78. The van der Waals surface area contributed by atoms with Gasteiger partial charge in [-0.1, -0.05) is 11.3 Å². The molecule has 0 aromatic carbocycles. The van der Waals surface area contributed by atoms with Crippen LogP contribution in [0.15, 0.2) is 0 Å². The van der Waals surface area contributed by atoms with E-state index in [1.807, 2.05) is 11.3 Å². The van der Waals surface area contributed by atoms with Crippen molar-refractivity contribution in [2.45, 2.75) is 38.3 Å². The minimum absolute atomic E-state index is 0.537. The number of hydrogen-bond acceptors (Lipinski definition) is 5. The molecule has 100 valence electrons. The average molecular weight is 283 g/mol. The minimum Gasteiger partial charge on any atom is -0.344 e. The van der Waals surface area contributed by atoms with E-state index in [0.29, 0.717) is 12.1 Å². The maximum atomic E-state index is 4.92. The summed E-state index contributed by atoms with van der Waals surface area (Å²) < 4.78 is 0. The number of aromatic nitrogens is 1. The number of thiazole rings is 1. The zero-order valence-corrected chi connectivity index (χ0v) is 12.7. The van der Waals surface area contributed by atoms with Crippen molar-refractivity contribution in [2.24, 2.45) is 0 Å². The number of fused-ring (bicyclic) bond motifs is 1. The van der Waals surface area contributed by atoms with Crippen molar-refractivity contribution in [1.29, 1.82) is 0 Å². The molecule has 1 fully saturated rings. The molecular formula is C13H21N3S2. The summed E-state index contributed by atoms with van der Waals surface area (Å²) in [6.45, 7) is 3.48. The summed E-state index contributed by atoms with van der Waals surface area (Å²) in [5.41, 5.74) is 1.35. The van der Waals surface area contributed by atoms with Crippen LogP contribution in [-0.2, 0) is 6.42 Å². The smallest absolute Gasteiger partial charge is 0.186 e. The fourth-order valence-electron chi connectivity index (χ4n) is 2.82. The van der Waals surface area contributed by atoms with Crippen LogP contribution in [0.5, 0.6) is 0 Å². The van der Waals surface area contributed by atoms with Crippen molar-refractivity contribution in [2.75, 3.05) is 30.0 Å². The summed E-state index contributed by atoms with van der Waals surface area (Å²) in [5.74, 6) is 2.48. The number of hydrogen-bond donors (Lipinski definition) is 1. The van der Waals surface area contributed by atoms with E-state index in [9.17, 15) is 0 Å². The molecule has 2 aliphatic rings. The molecule has 2 unspecified atom stereocenters. The lowest BCUT2D eigenvalue weighted by molar-refractivity contribution is 0.501. The Hall–Kier alpha value is -0.260. The van der Waals surface area contributed by atoms with Gasteiger partial charge in [-0.3, -0.25) is 0 Å². The fourth-order valence-corrected chi connectivity index (χ4v) is 5.21. The van der Waals surface area contributed by atoms with Crippen molar-refractivity contribution in [3.8, 4) is 0 Å². The van der Waals surface area contributed by atoms with E-state index in [0.717, 1.165) is 6.54 Å². The third kappa shape index (κ3) is 2.28. The molecule has 0 radical (unpaired) electrons. The first-order valence-electron chi connectivity index (χ1n) is 6.81. The molecule has 0 bridgehead atoms. The van der Waals surface area contributed by atoms with Crippen molar-refractivity contribution >= 4 is 28.2 Å². The van der Waals surface area contributed by atoms with Crippen molar-refractivity contribution in [3.63, 3.8) is 0 Å². The van der Waals surface area contributed by atoms with Gasteiger partial charge in [-0.15, -0.1) is 0 Å². The Kier molecular flexibility index (Phi) is 3.82. The molecule has 1 N–H and O–H groups in total. The molecule has 1 aliphatic carbocycles. The van der Waals surface area contributed by atoms with Gasteiger partial charge >= 0.3 is 0 Å². The number of thioether (sulfide) groups is 1. The minimum atomic E-state index is 0.537. The van der Waals surface area contributed by atoms with Crippen LogP contribution in [0.3, 0.4) is 0 Å². The zero-order chi connectivity index (χ0) is 12.5. The van der Waals surface area contributed by atoms with E-state index < -0.39 is 0 Å². The lowest BCUT2D eigenvalue weighted by atomic mass is 9.98. The van der Waals surface area contributed by atoms with Crippen molar-refractivity contribution in [3.05, 3.63) is 10.6 Å². The monoisotopic (exact) mass is 283 g/mol. The number of nitrogens with one attached hydrogen (secondary N) is 1. The van der Waals surface area contributed by atoms with Crippen LogP contribution in [0.2, 0.25) is 0 Å². The predicted molar refractivity (Wildman–Crippen MR) is 81.0 cm³/mol. The van der Waals surface area contributed by atoms with Gasteiger partial charge in [0.1, 0.15) is 0 Å². The Morgan fingerprint density at radius 1 is 1.44 bits per heavy atom. The number of rotatable bonds is 2. The maximum absolute atomic E-state index is 4.92. The first kappa shape index (κ1) is 12.8. The molecule has 18 heavy (non-hydrogen) atoms. The van der Waals surface area contributed by atoms with Gasteiger partial charge in [-0.2, -0.15) is 11.8 Å². The van der Waals surface area contributed by atoms with Gasteiger partial charge in [0, 0.05) is 35.0 Å². The van der Waals surface area contributed by atoms with E-state index >= 15 is 0 Å². The largest absolute Gasteiger partial charge is 0.344 e. The Bertz CT molecular complexity index is 418. The molecule has 0 spiro atoms. The van der Waals surface area contributed by atoms with Gasteiger partial charge in [-0.05, 0) is 33.2 Å². The lowest BCUT2D eigenvalue weighted by Crippen LogP contribution is -2.40. The molecule has 0 saturated carbocycles. The Morgan fingerprint density at radius 3 is 3.11 bits per heavy atom. The second-order valence-electron chi connectivity index (χ2n) is 5.16. The zero-order valence-electron chi connectivity index (χ0n) is 11.1. The molecule has 1 aromatic heterocycles. The molecule has 1 aliphatic heterocycles. The highest BCUT2D eigenvalue weighted by molar-refractivity contribution is 7.99. The molecular weight excluding hydrogens is 262 g/mol. The summed E-state index contributed by atoms with van der Waals surface area (Å²) in [6, 6.07) is 1.17. The van der Waals surface area contributed by atoms with Gasteiger partial charge in [-0.25, -0.2) is 4.98 Å². The van der Waals surface area contributed by atoms with E-state index in [1.54, 1.807) is 0 Å². The third-order valence-electron chi connectivity index (χ3n) is 3.90. The lowest BCUT2D eigenvalue weighted by Gasteiger charge is -2.32. The van der Waals surface area contributed by atoms with Gasteiger partial charge in [0.25, 0.3) is 0 Å². The number of nitrogens with zero attached hydrogens (tertiary/aromatic N) is 2. The predicted octanol–water partition coefficient (Wildman–Crippen LogP) is 2.68. The average Bonchev–Trinajstić information content (AvgIpc) is 2.82. The van der Waals surface area contributed by atoms with Crippen LogP contribution in [-0.4, -0.2) is 36.1 Å². The molecule has 2 atom stereocenters. The summed E-state index contributed by atoms with van der Waals surface area (Å²) in [7, 11) is 2.07. The fraction of sp³-hybridized carbons (Fsp3) is 0.769. The third-order valence-corrected chi connectivity index (χ3v) is 6.34. The van der Waals surface area contributed by atoms with Crippen LogP contribution in [0.1, 0.15) is 36.4 Å². The van der Waals surface area contributed by atoms with E-state index in [1.165, 1.54) is 46.5 Å². The second kappa shape index (κ2) is 5.39. The Morgan fingerprint density at radius 2 is 2.33 bits per heavy atom. The Labute approximate surface area is 117 Å². The number of aryl methyl sites for hydroxylation is 1. The normalized spacial score (nSPS) is 28.2. The summed E-state index contributed by atoms with van der Waals surface area (Å²) >= 11 is 3.99. The summed E-state index contributed by atoms with van der Waals surface area (Å²) in [4.78, 5) is 8.91. The van der Waals surface area contributed by atoms with E-state index in [-0.39, 0.29) is 0 Å². The SMILES string of the molecule is CNC1CCCc2nc(N3CCSCC3C)sc21. The highest BCUT2D eigenvalue weighted by Crippen LogP contribution is 2.38. The van der Waals surface area contributed by atoms with Gasteiger partial charge in [0.05, 0.1) is 5.69 Å². The molecule has 3 nitrogen and oxygen atoms in total. The van der Waals surface area contributed by atoms with Crippen LogP contribution < -0.4 is 10.2 Å². The van der Waals surface area contributed by atoms with Gasteiger partial charge in [0.15, 0.2) is 5.13 Å². The van der Waals surface area contributed by atoms with Crippen molar-refractivity contribution in [1.82, 2.24) is 10.3 Å². The molecule has 3 rings (SSSR count). The van der Waals surface area contributed by atoms with Gasteiger partial charge in [0.2, 0.25) is 0 Å². The van der Waals surface area contributed by atoms with E-state index in [2.05, 4.69) is 35.9 Å². The highest BCUT2D eigenvalue weighted by Gasteiger charge is 2.27. The molecule has 0 amide bonds. The quantitative estimate of drug-likeness (QED) is 0.903. The first-order chi connectivity index (χ1) is 8.79.